The van der Waals surface area contributed by atoms with Crippen LogP contribution in [0.4, 0.5) is 0 Å². The van der Waals surface area contributed by atoms with E-state index in [-0.39, 0.29) is 0 Å². The molecule has 1 aromatic heterocycles. The van der Waals surface area contributed by atoms with E-state index in [1.54, 1.807) is 0 Å². The molecule has 0 aliphatic rings. The molecule has 3 rings (SSSR count). The van der Waals surface area contributed by atoms with E-state index in [0.29, 0.717) is 0 Å². The highest BCUT2D eigenvalue weighted by atomic mass is 79.9. The Balaban J connectivity index is 2.13. The maximum absolute atomic E-state index is 4.68. The van der Waals surface area contributed by atoms with E-state index < -0.39 is 0 Å². The molecule has 0 aliphatic carbocycles. The summed E-state index contributed by atoms with van der Waals surface area (Å²) in [5, 5.41) is 1.14. The third-order valence-electron chi connectivity index (χ3n) is 2.79. The number of pyridine rings is 1. The molecule has 1 heterocycles. The number of halogens is 2. The van der Waals surface area contributed by atoms with Crippen LogP contribution >= 0.6 is 31.9 Å². The van der Waals surface area contributed by atoms with Gasteiger partial charge in [-0.05, 0) is 36.4 Å². The quantitative estimate of drug-likeness (QED) is 0.562. The number of hydrogen-bond donors (Lipinski definition) is 0. The lowest BCUT2D eigenvalue weighted by molar-refractivity contribution is 1.39. The summed E-state index contributed by atoms with van der Waals surface area (Å²) >= 11 is 6.91. The van der Waals surface area contributed by atoms with Gasteiger partial charge in [-0.1, -0.05) is 50.1 Å². The van der Waals surface area contributed by atoms with Crippen molar-refractivity contribution in [3.05, 3.63) is 63.5 Å². The molecule has 0 atom stereocenters. The van der Waals surface area contributed by atoms with Crippen molar-refractivity contribution in [1.29, 1.82) is 0 Å². The molecule has 0 bridgehead atoms. The molecule has 88 valence electrons. The van der Waals surface area contributed by atoms with E-state index in [0.717, 1.165) is 31.1 Å². The molecule has 0 saturated carbocycles. The molecule has 0 radical (unpaired) electrons. The largest absolute Gasteiger partial charge is 0.248 e. The average Bonchev–Trinajstić information content (AvgIpc) is 2.39. The normalized spacial score (nSPS) is 10.8. The minimum absolute atomic E-state index is 0.998. The van der Waals surface area contributed by atoms with Gasteiger partial charge in [0.1, 0.15) is 0 Å². The van der Waals surface area contributed by atoms with Crippen LogP contribution in [0.5, 0.6) is 0 Å². The lowest BCUT2D eigenvalue weighted by Gasteiger charge is -2.04. The van der Waals surface area contributed by atoms with Crippen molar-refractivity contribution in [2.24, 2.45) is 0 Å². The van der Waals surface area contributed by atoms with Gasteiger partial charge in [0, 0.05) is 19.9 Å². The Morgan fingerprint density at radius 3 is 2.22 bits per heavy atom. The summed E-state index contributed by atoms with van der Waals surface area (Å²) < 4.78 is 2.16. The van der Waals surface area contributed by atoms with E-state index in [9.17, 15) is 0 Å². The van der Waals surface area contributed by atoms with Gasteiger partial charge < -0.3 is 0 Å². The van der Waals surface area contributed by atoms with E-state index in [2.05, 4.69) is 67.2 Å². The van der Waals surface area contributed by atoms with Gasteiger partial charge in [0.15, 0.2) is 0 Å². The number of benzene rings is 2. The van der Waals surface area contributed by atoms with Gasteiger partial charge in [-0.15, -0.1) is 0 Å². The highest BCUT2D eigenvalue weighted by molar-refractivity contribution is 9.10. The monoisotopic (exact) mass is 361 g/mol. The number of nitrogens with zero attached hydrogens (tertiary/aromatic N) is 1. The predicted octanol–water partition coefficient (Wildman–Crippen LogP) is 5.43. The summed E-state index contributed by atoms with van der Waals surface area (Å²) in [6, 6.07) is 18.5. The molecule has 0 saturated heterocycles. The van der Waals surface area contributed by atoms with Crippen molar-refractivity contribution in [2.45, 2.75) is 0 Å². The first-order chi connectivity index (χ1) is 8.72. The van der Waals surface area contributed by atoms with Crippen molar-refractivity contribution >= 4 is 42.8 Å². The van der Waals surface area contributed by atoms with E-state index >= 15 is 0 Å². The van der Waals surface area contributed by atoms with Crippen LogP contribution in [0.15, 0.2) is 63.5 Å². The van der Waals surface area contributed by atoms with Crippen LogP contribution in [-0.2, 0) is 0 Å². The highest BCUT2D eigenvalue weighted by Gasteiger charge is 2.01. The Morgan fingerprint density at radius 1 is 0.722 bits per heavy atom. The summed E-state index contributed by atoms with van der Waals surface area (Å²) in [6.45, 7) is 0. The standard InChI is InChI=1S/C15H9Br2N/c16-12-4-1-10(2-5-12)14-7-3-11-9-13(17)6-8-15(11)18-14/h1-9H. The van der Waals surface area contributed by atoms with Crippen molar-refractivity contribution in [3.63, 3.8) is 0 Å². The van der Waals surface area contributed by atoms with Gasteiger partial charge in [0.2, 0.25) is 0 Å². The molecular weight excluding hydrogens is 354 g/mol. The zero-order chi connectivity index (χ0) is 12.5. The fraction of sp³-hybridized carbons (Fsp3) is 0. The Kier molecular flexibility index (Phi) is 3.18. The Hall–Kier alpha value is -1.19. The number of hydrogen-bond acceptors (Lipinski definition) is 1. The fourth-order valence-corrected chi connectivity index (χ4v) is 2.52. The van der Waals surface area contributed by atoms with Crippen LogP contribution in [0.25, 0.3) is 22.2 Å². The first-order valence-corrected chi connectivity index (χ1v) is 7.13. The molecule has 0 N–H and O–H groups in total. The van der Waals surface area contributed by atoms with Crippen molar-refractivity contribution in [3.8, 4) is 11.3 Å². The molecular formula is C15H9Br2N. The SMILES string of the molecule is Brc1ccc(-c2ccc3cc(Br)ccc3n2)cc1. The van der Waals surface area contributed by atoms with E-state index in [1.165, 1.54) is 0 Å². The molecule has 3 aromatic rings. The second-order valence-electron chi connectivity index (χ2n) is 4.04. The highest BCUT2D eigenvalue weighted by Crippen LogP contribution is 2.24. The number of fused-ring (bicyclic) bond motifs is 1. The molecule has 0 spiro atoms. The smallest absolute Gasteiger partial charge is 0.0710 e. The van der Waals surface area contributed by atoms with Gasteiger partial charge in [0.25, 0.3) is 0 Å². The lowest BCUT2D eigenvalue weighted by Crippen LogP contribution is -1.85. The maximum Gasteiger partial charge on any atom is 0.0710 e. The zero-order valence-electron chi connectivity index (χ0n) is 9.40. The zero-order valence-corrected chi connectivity index (χ0v) is 12.6. The molecule has 3 heteroatoms. The van der Waals surface area contributed by atoms with E-state index in [4.69, 9.17) is 0 Å². The van der Waals surface area contributed by atoms with E-state index in [1.807, 2.05) is 24.3 Å². The van der Waals surface area contributed by atoms with Crippen molar-refractivity contribution in [1.82, 2.24) is 4.98 Å². The van der Waals surface area contributed by atoms with Gasteiger partial charge in [0.05, 0.1) is 11.2 Å². The Bertz CT molecular complexity index is 705. The summed E-state index contributed by atoms with van der Waals surface area (Å²) in [7, 11) is 0. The second kappa shape index (κ2) is 4.82. The lowest BCUT2D eigenvalue weighted by atomic mass is 10.1. The minimum atomic E-state index is 0.998. The molecule has 1 nitrogen and oxygen atoms in total. The predicted molar refractivity (Wildman–Crippen MR) is 82.6 cm³/mol. The number of aromatic nitrogens is 1. The molecule has 0 aliphatic heterocycles. The van der Waals surface area contributed by atoms with Crippen molar-refractivity contribution < 1.29 is 0 Å². The second-order valence-corrected chi connectivity index (χ2v) is 5.87. The third kappa shape index (κ3) is 2.33. The topological polar surface area (TPSA) is 12.9 Å². The van der Waals surface area contributed by atoms with Crippen LogP contribution in [0.1, 0.15) is 0 Å². The summed E-state index contributed by atoms with van der Waals surface area (Å²) in [4.78, 5) is 4.68. The van der Waals surface area contributed by atoms with Gasteiger partial charge >= 0.3 is 0 Å². The van der Waals surface area contributed by atoms with Gasteiger partial charge in [-0.3, -0.25) is 0 Å². The minimum Gasteiger partial charge on any atom is -0.248 e. The number of rotatable bonds is 1. The van der Waals surface area contributed by atoms with Crippen LogP contribution in [0.2, 0.25) is 0 Å². The third-order valence-corrected chi connectivity index (χ3v) is 3.81. The van der Waals surface area contributed by atoms with Crippen LogP contribution in [0, 0.1) is 0 Å². The molecule has 0 fully saturated rings. The maximum atomic E-state index is 4.68. The molecule has 0 amide bonds. The summed E-state index contributed by atoms with van der Waals surface area (Å²) in [5.74, 6) is 0. The Labute approximate surface area is 122 Å². The molecule has 0 unspecified atom stereocenters. The van der Waals surface area contributed by atoms with Crippen molar-refractivity contribution in [2.75, 3.05) is 0 Å². The van der Waals surface area contributed by atoms with Crippen LogP contribution in [0.3, 0.4) is 0 Å². The summed E-state index contributed by atoms with van der Waals surface area (Å²) in [5.41, 5.74) is 3.14. The summed E-state index contributed by atoms with van der Waals surface area (Å²) in [6.07, 6.45) is 0. The van der Waals surface area contributed by atoms with Gasteiger partial charge in [-0.25, -0.2) is 4.98 Å². The first kappa shape index (κ1) is 11.9. The van der Waals surface area contributed by atoms with Crippen LogP contribution in [-0.4, -0.2) is 4.98 Å². The van der Waals surface area contributed by atoms with Crippen LogP contribution < -0.4 is 0 Å². The van der Waals surface area contributed by atoms with Gasteiger partial charge in [-0.2, -0.15) is 0 Å². The molecule has 2 aromatic carbocycles. The average molecular weight is 363 g/mol. The fourth-order valence-electron chi connectivity index (χ4n) is 1.88. The first-order valence-electron chi connectivity index (χ1n) is 5.55. The molecule has 18 heavy (non-hydrogen) atoms. The Morgan fingerprint density at radius 2 is 1.44 bits per heavy atom.